The van der Waals surface area contributed by atoms with Crippen LogP contribution in [-0.2, 0) is 24.3 Å². The van der Waals surface area contributed by atoms with Crippen LogP contribution in [0.2, 0.25) is 5.02 Å². The second kappa shape index (κ2) is 9.84. The quantitative estimate of drug-likeness (QED) is 0.650. The van der Waals surface area contributed by atoms with Gasteiger partial charge in [-0.2, -0.15) is 0 Å². The number of benzene rings is 2. The van der Waals surface area contributed by atoms with Gasteiger partial charge in [-0.3, -0.25) is 9.59 Å². The minimum atomic E-state index is -4.27. The Hall–Kier alpha value is -2.46. The Kier molecular flexibility index (Phi) is 7.74. The Morgan fingerprint density at radius 3 is 2.21 bits per heavy atom. The van der Waals surface area contributed by atoms with Crippen LogP contribution in [0.25, 0.3) is 0 Å². The molecule has 0 aliphatic carbocycles. The van der Waals surface area contributed by atoms with E-state index in [0.717, 1.165) is 0 Å². The Bertz CT molecular complexity index is 961. The number of ether oxygens (including phenoxy) is 1. The van der Waals surface area contributed by atoms with Gasteiger partial charge >= 0.3 is 0 Å². The van der Waals surface area contributed by atoms with Crippen molar-refractivity contribution in [1.29, 1.82) is 0 Å². The summed E-state index contributed by atoms with van der Waals surface area (Å²) in [5.74, 6) is -1.15. The van der Waals surface area contributed by atoms with Gasteiger partial charge in [-0.1, -0.05) is 23.7 Å². The number of aliphatic hydroxyl groups is 1. The molecule has 1 atom stereocenters. The number of halogens is 1. The molecule has 2 N–H and O–H groups in total. The summed E-state index contributed by atoms with van der Waals surface area (Å²) in [4.78, 5) is 23.9. The van der Waals surface area contributed by atoms with Crippen LogP contribution >= 0.6 is 11.6 Å². The van der Waals surface area contributed by atoms with Crippen LogP contribution < -0.4 is 5.32 Å². The predicted molar refractivity (Wildman–Crippen MR) is 108 cm³/mol. The van der Waals surface area contributed by atoms with Gasteiger partial charge in [-0.05, 0) is 42.0 Å². The average Bonchev–Trinajstić information content (AvgIpc) is 2.67. The zero-order valence-electron chi connectivity index (χ0n) is 15.8. The molecule has 2 aromatic rings. The van der Waals surface area contributed by atoms with Crippen LogP contribution in [-0.4, -0.2) is 49.9 Å². The minimum absolute atomic E-state index is 0.167. The van der Waals surface area contributed by atoms with Gasteiger partial charge in [0.05, 0.1) is 18.0 Å². The topological polar surface area (TPSA) is 113 Å². The van der Waals surface area contributed by atoms with Gasteiger partial charge in [0.1, 0.15) is 0 Å². The summed E-state index contributed by atoms with van der Waals surface area (Å²) in [6.45, 7) is 0.321. The Balaban J connectivity index is 2.38. The molecule has 2 aromatic carbocycles. The third-order valence-corrected chi connectivity index (χ3v) is 6.01. The molecule has 1 unspecified atom stereocenters. The molecule has 2 rings (SSSR count). The zero-order chi connectivity index (χ0) is 21.6. The van der Waals surface area contributed by atoms with Crippen LogP contribution in [0.4, 0.5) is 5.69 Å². The Morgan fingerprint density at radius 2 is 1.72 bits per heavy atom. The summed E-state index contributed by atoms with van der Waals surface area (Å²) >= 11 is 5.86. The van der Waals surface area contributed by atoms with E-state index in [1.807, 2.05) is 0 Å². The van der Waals surface area contributed by atoms with Gasteiger partial charge in [0, 0.05) is 24.7 Å². The van der Waals surface area contributed by atoms with E-state index in [1.54, 1.807) is 24.3 Å². The molecule has 0 aliphatic rings. The fourth-order valence-corrected chi connectivity index (χ4v) is 4.14. The number of amides is 2. The van der Waals surface area contributed by atoms with Crippen LogP contribution in [0.15, 0.2) is 53.4 Å². The lowest BCUT2D eigenvalue weighted by Crippen LogP contribution is -2.42. The lowest BCUT2D eigenvalue weighted by molar-refractivity contribution is -0.137. The van der Waals surface area contributed by atoms with E-state index in [4.69, 9.17) is 16.3 Å². The van der Waals surface area contributed by atoms with Crippen LogP contribution in [0, 0.1) is 0 Å². The molecule has 0 fully saturated rings. The molecule has 8 nitrogen and oxygen atoms in total. The standard InChI is InChI=1S/C19H21ClN2O6S/c1-13(24)21-16-7-9-17(10-8-16)29(26,27)22(11-12-23)19(25)18(28-2)14-3-5-15(20)6-4-14/h3-10,18,23H,11-12H2,1-2H3,(H,21,24). The summed E-state index contributed by atoms with van der Waals surface area (Å²) in [5, 5.41) is 12.3. The largest absolute Gasteiger partial charge is 0.394 e. The maximum absolute atomic E-state index is 13.0. The first-order chi connectivity index (χ1) is 13.7. The number of anilines is 1. The van der Waals surface area contributed by atoms with Gasteiger partial charge in [-0.15, -0.1) is 0 Å². The molecule has 0 aromatic heterocycles. The lowest BCUT2D eigenvalue weighted by Gasteiger charge is -2.26. The van der Waals surface area contributed by atoms with Crippen molar-refractivity contribution in [1.82, 2.24) is 4.31 Å². The molecule has 0 heterocycles. The molecule has 10 heteroatoms. The van der Waals surface area contributed by atoms with Crippen LogP contribution in [0.3, 0.4) is 0 Å². The van der Waals surface area contributed by atoms with Crippen LogP contribution in [0.5, 0.6) is 0 Å². The summed E-state index contributed by atoms with van der Waals surface area (Å²) in [5.41, 5.74) is 0.827. The van der Waals surface area contributed by atoms with E-state index < -0.39 is 35.2 Å². The van der Waals surface area contributed by atoms with Crippen molar-refractivity contribution in [2.75, 3.05) is 25.6 Å². The van der Waals surface area contributed by atoms with E-state index >= 15 is 0 Å². The molecule has 0 radical (unpaired) electrons. The molecule has 156 valence electrons. The molecule has 0 spiro atoms. The number of carbonyl (C=O) groups is 2. The van der Waals surface area contributed by atoms with E-state index in [9.17, 15) is 23.1 Å². The summed E-state index contributed by atoms with van der Waals surface area (Å²) < 4.78 is 31.9. The summed E-state index contributed by atoms with van der Waals surface area (Å²) in [6.07, 6.45) is -1.20. The highest BCUT2D eigenvalue weighted by Gasteiger charge is 2.34. The number of sulfonamides is 1. The maximum atomic E-state index is 13.0. The number of rotatable bonds is 8. The molecular weight excluding hydrogens is 420 g/mol. The minimum Gasteiger partial charge on any atom is -0.394 e. The van der Waals surface area contributed by atoms with Crippen molar-refractivity contribution in [2.24, 2.45) is 0 Å². The van der Waals surface area contributed by atoms with Gasteiger partial charge < -0.3 is 15.2 Å². The highest BCUT2D eigenvalue weighted by atomic mass is 35.5. The Morgan fingerprint density at radius 1 is 1.14 bits per heavy atom. The summed E-state index contributed by atoms with van der Waals surface area (Å²) in [6, 6.07) is 11.6. The number of nitrogens with one attached hydrogen (secondary N) is 1. The van der Waals surface area contributed by atoms with Crippen molar-refractivity contribution in [3.63, 3.8) is 0 Å². The first kappa shape index (κ1) is 22.8. The SMILES string of the molecule is COC(C(=O)N(CCO)S(=O)(=O)c1ccc(NC(C)=O)cc1)c1ccc(Cl)cc1. The fourth-order valence-electron chi connectivity index (χ4n) is 2.63. The number of aliphatic hydroxyl groups excluding tert-OH is 1. The van der Waals surface area contributed by atoms with E-state index in [2.05, 4.69) is 5.32 Å². The summed E-state index contributed by atoms with van der Waals surface area (Å²) in [7, 11) is -2.99. The fraction of sp³-hybridized carbons (Fsp3) is 0.263. The molecule has 29 heavy (non-hydrogen) atoms. The third-order valence-electron chi connectivity index (χ3n) is 3.94. The monoisotopic (exact) mass is 440 g/mol. The smallest absolute Gasteiger partial charge is 0.270 e. The second-order valence-corrected chi connectivity index (χ2v) is 8.31. The molecule has 2 amide bonds. The maximum Gasteiger partial charge on any atom is 0.270 e. The number of methoxy groups -OCH3 is 1. The molecule has 0 aliphatic heterocycles. The van der Waals surface area contributed by atoms with Crippen LogP contribution in [0.1, 0.15) is 18.6 Å². The molecule has 0 bridgehead atoms. The second-order valence-electron chi connectivity index (χ2n) is 6.01. The van der Waals surface area contributed by atoms with Gasteiger partial charge in [0.15, 0.2) is 6.10 Å². The molecule has 0 saturated carbocycles. The number of hydrogen-bond acceptors (Lipinski definition) is 6. The zero-order valence-corrected chi connectivity index (χ0v) is 17.4. The highest BCUT2D eigenvalue weighted by Crippen LogP contribution is 2.26. The van der Waals surface area contributed by atoms with Crippen molar-refractivity contribution in [3.8, 4) is 0 Å². The van der Waals surface area contributed by atoms with Crippen molar-refractivity contribution >= 4 is 39.1 Å². The van der Waals surface area contributed by atoms with Crippen molar-refractivity contribution < 1.29 is 27.9 Å². The predicted octanol–water partition coefficient (Wildman–Crippen LogP) is 2.20. The first-order valence-corrected chi connectivity index (χ1v) is 10.4. The lowest BCUT2D eigenvalue weighted by atomic mass is 10.1. The van der Waals surface area contributed by atoms with E-state index in [-0.39, 0.29) is 10.8 Å². The number of nitrogens with zero attached hydrogens (tertiary/aromatic N) is 1. The van der Waals surface area contributed by atoms with Crippen molar-refractivity contribution in [3.05, 3.63) is 59.1 Å². The average molecular weight is 441 g/mol. The van der Waals surface area contributed by atoms with Crippen molar-refractivity contribution in [2.45, 2.75) is 17.9 Å². The van der Waals surface area contributed by atoms with E-state index in [0.29, 0.717) is 20.6 Å². The molecule has 0 saturated heterocycles. The third kappa shape index (κ3) is 5.54. The van der Waals surface area contributed by atoms with Gasteiger partial charge in [-0.25, -0.2) is 12.7 Å². The highest BCUT2D eigenvalue weighted by molar-refractivity contribution is 7.89. The van der Waals surface area contributed by atoms with E-state index in [1.165, 1.54) is 38.3 Å². The number of carbonyl (C=O) groups excluding carboxylic acids is 2. The normalized spacial score (nSPS) is 12.3. The molecular formula is C19H21ClN2O6S. The van der Waals surface area contributed by atoms with Gasteiger partial charge in [0.2, 0.25) is 5.91 Å². The van der Waals surface area contributed by atoms with Gasteiger partial charge in [0.25, 0.3) is 15.9 Å². The first-order valence-electron chi connectivity index (χ1n) is 8.54. The Labute approximate surface area is 174 Å². The number of hydrogen-bond donors (Lipinski definition) is 2.